The van der Waals surface area contributed by atoms with Crippen LogP contribution in [-0.2, 0) is 4.79 Å². The SMILES string of the molecule is Cc1cc(-c2c(C)cccc2C)cc(C(N)CC(=O)O)c1. The molecule has 0 aliphatic rings. The summed E-state index contributed by atoms with van der Waals surface area (Å²) in [6.07, 6.45) is -0.0599. The standard InChI is InChI=1S/C18H21NO2/c1-11-7-14(16(19)10-17(20)21)9-15(8-11)18-12(2)5-4-6-13(18)3/h4-9,16H,10,19H2,1-3H3,(H,20,21). The average Bonchev–Trinajstić information content (AvgIpc) is 2.37. The van der Waals surface area contributed by atoms with Gasteiger partial charge in [0.05, 0.1) is 6.42 Å². The summed E-state index contributed by atoms with van der Waals surface area (Å²) >= 11 is 0. The Labute approximate surface area is 125 Å². The van der Waals surface area contributed by atoms with Crippen LogP contribution < -0.4 is 5.73 Å². The summed E-state index contributed by atoms with van der Waals surface area (Å²) in [5, 5.41) is 8.91. The maximum atomic E-state index is 10.9. The van der Waals surface area contributed by atoms with Crippen LogP contribution in [-0.4, -0.2) is 11.1 Å². The summed E-state index contributed by atoms with van der Waals surface area (Å²) < 4.78 is 0. The van der Waals surface area contributed by atoms with E-state index < -0.39 is 12.0 Å². The summed E-state index contributed by atoms with van der Waals surface area (Å²) in [6, 6.07) is 11.8. The quantitative estimate of drug-likeness (QED) is 0.898. The second kappa shape index (κ2) is 6.10. The van der Waals surface area contributed by atoms with Crippen LogP contribution in [0.15, 0.2) is 36.4 Å². The minimum Gasteiger partial charge on any atom is -0.481 e. The summed E-state index contributed by atoms with van der Waals surface area (Å²) in [6.45, 7) is 6.18. The normalized spacial score (nSPS) is 12.2. The fourth-order valence-electron chi connectivity index (χ4n) is 2.75. The molecule has 0 aliphatic heterocycles. The first-order valence-corrected chi connectivity index (χ1v) is 7.04. The molecule has 1 unspecified atom stereocenters. The molecule has 0 aliphatic carbocycles. The van der Waals surface area contributed by atoms with E-state index in [0.29, 0.717) is 0 Å². The van der Waals surface area contributed by atoms with Crippen molar-refractivity contribution >= 4 is 5.97 Å². The van der Waals surface area contributed by atoms with E-state index in [0.717, 1.165) is 16.7 Å². The third kappa shape index (κ3) is 3.50. The van der Waals surface area contributed by atoms with Crippen molar-refractivity contribution in [2.24, 2.45) is 5.73 Å². The fourth-order valence-corrected chi connectivity index (χ4v) is 2.75. The highest BCUT2D eigenvalue weighted by molar-refractivity contribution is 5.73. The van der Waals surface area contributed by atoms with E-state index in [1.54, 1.807) is 0 Å². The highest BCUT2D eigenvalue weighted by atomic mass is 16.4. The van der Waals surface area contributed by atoms with Gasteiger partial charge in [0.15, 0.2) is 0 Å². The smallest absolute Gasteiger partial charge is 0.305 e. The fraction of sp³-hybridized carbons (Fsp3) is 0.278. The Hall–Kier alpha value is -2.13. The van der Waals surface area contributed by atoms with Crippen LogP contribution in [0.3, 0.4) is 0 Å². The van der Waals surface area contributed by atoms with E-state index >= 15 is 0 Å². The van der Waals surface area contributed by atoms with Gasteiger partial charge in [0.25, 0.3) is 0 Å². The van der Waals surface area contributed by atoms with Gasteiger partial charge in [-0.1, -0.05) is 35.9 Å². The Balaban J connectivity index is 2.51. The molecule has 0 saturated carbocycles. The molecule has 2 aromatic carbocycles. The predicted molar refractivity (Wildman–Crippen MR) is 85.3 cm³/mol. The summed E-state index contributed by atoms with van der Waals surface area (Å²) in [5.41, 5.74) is 12.7. The molecule has 0 fully saturated rings. The molecule has 3 N–H and O–H groups in total. The summed E-state index contributed by atoms with van der Waals surface area (Å²) in [5.74, 6) is -0.877. The first-order chi connectivity index (χ1) is 9.88. The van der Waals surface area contributed by atoms with Gasteiger partial charge in [0.1, 0.15) is 0 Å². The molecular formula is C18H21NO2. The average molecular weight is 283 g/mol. The second-order valence-electron chi connectivity index (χ2n) is 5.60. The van der Waals surface area contributed by atoms with E-state index in [1.165, 1.54) is 16.7 Å². The molecule has 2 aromatic rings. The van der Waals surface area contributed by atoms with Crippen molar-refractivity contribution in [2.75, 3.05) is 0 Å². The molecule has 0 bridgehead atoms. The minimum atomic E-state index is -0.877. The van der Waals surface area contributed by atoms with E-state index in [9.17, 15) is 4.79 Å². The van der Waals surface area contributed by atoms with Crippen molar-refractivity contribution in [3.05, 3.63) is 58.7 Å². The number of hydrogen-bond acceptors (Lipinski definition) is 2. The van der Waals surface area contributed by atoms with Crippen molar-refractivity contribution in [2.45, 2.75) is 33.2 Å². The number of carboxylic acids is 1. The van der Waals surface area contributed by atoms with Crippen LogP contribution in [0.1, 0.15) is 34.7 Å². The number of rotatable bonds is 4. The molecule has 0 aromatic heterocycles. The van der Waals surface area contributed by atoms with Gasteiger partial charge in [-0.15, -0.1) is 0 Å². The first-order valence-electron chi connectivity index (χ1n) is 7.04. The second-order valence-corrected chi connectivity index (χ2v) is 5.60. The van der Waals surface area contributed by atoms with Gasteiger partial charge >= 0.3 is 5.97 Å². The molecule has 21 heavy (non-hydrogen) atoms. The molecule has 0 saturated heterocycles. The lowest BCUT2D eigenvalue weighted by molar-refractivity contribution is -0.137. The Morgan fingerprint density at radius 2 is 1.76 bits per heavy atom. The lowest BCUT2D eigenvalue weighted by Crippen LogP contribution is -2.15. The van der Waals surface area contributed by atoms with E-state index in [1.807, 2.05) is 25.1 Å². The van der Waals surface area contributed by atoms with Gasteiger partial charge in [-0.25, -0.2) is 0 Å². The molecule has 0 amide bonds. The topological polar surface area (TPSA) is 63.3 Å². The van der Waals surface area contributed by atoms with Crippen LogP contribution in [0, 0.1) is 20.8 Å². The number of nitrogens with two attached hydrogens (primary N) is 1. The van der Waals surface area contributed by atoms with Gasteiger partial charge < -0.3 is 10.8 Å². The Morgan fingerprint density at radius 1 is 1.14 bits per heavy atom. The van der Waals surface area contributed by atoms with Crippen molar-refractivity contribution < 1.29 is 9.90 Å². The molecular weight excluding hydrogens is 262 g/mol. The van der Waals surface area contributed by atoms with Crippen LogP contribution in [0.5, 0.6) is 0 Å². The first kappa shape index (κ1) is 15.3. The minimum absolute atomic E-state index is 0.0599. The van der Waals surface area contributed by atoms with Crippen LogP contribution in [0.4, 0.5) is 0 Å². The monoisotopic (exact) mass is 283 g/mol. The van der Waals surface area contributed by atoms with Crippen LogP contribution in [0.2, 0.25) is 0 Å². The Morgan fingerprint density at radius 3 is 2.33 bits per heavy atom. The van der Waals surface area contributed by atoms with Crippen LogP contribution >= 0.6 is 0 Å². The summed E-state index contributed by atoms with van der Waals surface area (Å²) in [7, 11) is 0. The zero-order valence-corrected chi connectivity index (χ0v) is 12.7. The highest BCUT2D eigenvalue weighted by Crippen LogP contribution is 2.30. The number of carboxylic acid groups (broad SMARTS) is 1. The van der Waals surface area contributed by atoms with Crippen LogP contribution in [0.25, 0.3) is 11.1 Å². The number of hydrogen-bond donors (Lipinski definition) is 2. The zero-order valence-electron chi connectivity index (χ0n) is 12.7. The maximum absolute atomic E-state index is 10.9. The summed E-state index contributed by atoms with van der Waals surface area (Å²) in [4.78, 5) is 10.9. The molecule has 1 atom stereocenters. The molecule has 0 heterocycles. The molecule has 3 heteroatoms. The largest absolute Gasteiger partial charge is 0.481 e. The number of aryl methyl sites for hydroxylation is 3. The van der Waals surface area contributed by atoms with Crippen molar-refractivity contribution in [1.82, 2.24) is 0 Å². The number of carbonyl (C=O) groups is 1. The molecule has 0 radical (unpaired) electrons. The highest BCUT2D eigenvalue weighted by Gasteiger charge is 2.13. The van der Waals surface area contributed by atoms with Crippen molar-refractivity contribution in [3.63, 3.8) is 0 Å². The maximum Gasteiger partial charge on any atom is 0.305 e. The van der Waals surface area contributed by atoms with Gasteiger partial charge in [-0.3, -0.25) is 4.79 Å². The van der Waals surface area contributed by atoms with E-state index in [-0.39, 0.29) is 6.42 Å². The molecule has 0 spiro atoms. The molecule has 3 nitrogen and oxygen atoms in total. The van der Waals surface area contributed by atoms with Gasteiger partial charge in [0, 0.05) is 6.04 Å². The Kier molecular flexibility index (Phi) is 4.43. The third-order valence-corrected chi connectivity index (χ3v) is 3.69. The Bertz CT molecular complexity index is 657. The zero-order chi connectivity index (χ0) is 15.6. The van der Waals surface area contributed by atoms with E-state index in [4.69, 9.17) is 10.8 Å². The van der Waals surface area contributed by atoms with E-state index in [2.05, 4.69) is 32.0 Å². The van der Waals surface area contributed by atoms with Gasteiger partial charge in [0.2, 0.25) is 0 Å². The third-order valence-electron chi connectivity index (χ3n) is 3.69. The molecule has 2 rings (SSSR count). The number of aliphatic carboxylic acids is 1. The predicted octanol–water partition coefficient (Wildman–Crippen LogP) is 3.75. The molecule has 110 valence electrons. The van der Waals surface area contributed by atoms with Gasteiger partial charge in [-0.2, -0.15) is 0 Å². The van der Waals surface area contributed by atoms with Crippen molar-refractivity contribution in [1.29, 1.82) is 0 Å². The van der Waals surface area contributed by atoms with Crippen molar-refractivity contribution in [3.8, 4) is 11.1 Å². The lowest BCUT2D eigenvalue weighted by Gasteiger charge is -2.15. The number of benzene rings is 2. The van der Waals surface area contributed by atoms with Gasteiger partial charge in [-0.05, 0) is 54.7 Å². The lowest BCUT2D eigenvalue weighted by atomic mass is 9.91.